The van der Waals surface area contributed by atoms with Crippen molar-refractivity contribution in [3.8, 4) is 0 Å². The highest BCUT2D eigenvalue weighted by Crippen LogP contribution is 2.38. The topological polar surface area (TPSA) is 73.7 Å². The van der Waals surface area contributed by atoms with E-state index in [1.165, 1.54) is 4.90 Å². The molecule has 27 heavy (non-hydrogen) atoms. The second-order valence-corrected chi connectivity index (χ2v) is 7.03. The average Bonchev–Trinajstić information content (AvgIpc) is 2.91. The summed E-state index contributed by atoms with van der Waals surface area (Å²) in [5, 5.41) is 11.3. The van der Waals surface area contributed by atoms with Crippen molar-refractivity contribution < 1.29 is 14.7 Å². The fourth-order valence-electron chi connectivity index (χ4n) is 3.07. The summed E-state index contributed by atoms with van der Waals surface area (Å²) in [4.78, 5) is 33.0. The number of ketones is 1. The first-order chi connectivity index (χ1) is 12.9. The molecule has 2 heterocycles. The molecule has 0 spiro atoms. The van der Waals surface area contributed by atoms with Crippen LogP contribution in [0.3, 0.4) is 0 Å². The number of hydrogen-bond acceptors (Lipinski definition) is 5. The predicted octanol–water partition coefficient (Wildman–Crippen LogP) is 2.72. The Labute approximate surface area is 162 Å². The van der Waals surface area contributed by atoms with Crippen LogP contribution in [0.1, 0.15) is 17.2 Å². The van der Waals surface area contributed by atoms with Gasteiger partial charge in [-0.15, -0.1) is 0 Å². The molecule has 1 aliphatic rings. The Morgan fingerprint density at radius 1 is 1.22 bits per heavy atom. The van der Waals surface area contributed by atoms with Crippen molar-refractivity contribution in [2.45, 2.75) is 6.04 Å². The third-order valence-corrected chi connectivity index (χ3v) is 4.70. The third-order valence-electron chi connectivity index (χ3n) is 4.45. The fourth-order valence-corrected chi connectivity index (χ4v) is 3.19. The Bertz CT molecular complexity index is 879. The van der Waals surface area contributed by atoms with E-state index >= 15 is 0 Å². The van der Waals surface area contributed by atoms with Crippen LogP contribution in [-0.2, 0) is 9.59 Å². The number of likely N-dealkylation sites (N-methyl/N-ethyl adjacent to an activating group) is 1. The van der Waals surface area contributed by atoms with Gasteiger partial charge in [-0.25, -0.2) is 0 Å². The molecule has 1 amide bonds. The first-order valence-electron chi connectivity index (χ1n) is 8.49. The maximum absolute atomic E-state index is 12.8. The molecule has 0 bridgehead atoms. The number of likely N-dealkylation sites (tertiary alicyclic amines) is 1. The van der Waals surface area contributed by atoms with Gasteiger partial charge >= 0.3 is 0 Å². The van der Waals surface area contributed by atoms with Gasteiger partial charge < -0.3 is 14.9 Å². The van der Waals surface area contributed by atoms with Crippen molar-refractivity contribution in [3.05, 3.63) is 70.5 Å². The zero-order valence-corrected chi connectivity index (χ0v) is 15.8. The number of carbonyl (C=O) groups is 2. The standard InChI is InChI=1S/C20H20ClN3O3/c1-23(2)10-11-24-17(14-4-3-9-22-12-14)16(19(26)20(24)27)18(25)13-5-7-15(21)8-6-13/h3-9,12,17,25H,10-11H2,1-2H3/b18-16-. The number of rotatable bonds is 5. The lowest BCUT2D eigenvalue weighted by atomic mass is 9.96. The number of amides is 1. The minimum absolute atomic E-state index is 0.0640. The lowest BCUT2D eigenvalue weighted by Crippen LogP contribution is -2.35. The van der Waals surface area contributed by atoms with Gasteiger partial charge in [0.05, 0.1) is 11.6 Å². The molecule has 1 aromatic heterocycles. The fraction of sp³-hybridized carbons (Fsp3) is 0.250. The molecular weight excluding hydrogens is 366 g/mol. The normalized spacial score (nSPS) is 19.1. The van der Waals surface area contributed by atoms with Gasteiger partial charge in [-0.1, -0.05) is 17.7 Å². The second kappa shape index (κ2) is 7.90. The lowest BCUT2D eigenvalue weighted by Gasteiger charge is -2.26. The summed E-state index contributed by atoms with van der Waals surface area (Å²) < 4.78 is 0. The van der Waals surface area contributed by atoms with E-state index in [0.717, 1.165) is 0 Å². The van der Waals surface area contributed by atoms with Crippen LogP contribution < -0.4 is 0 Å². The molecule has 1 atom stereocenters. The van der Waals surface area contributed by atoms with Crippen molar-refractivity contribution in [2.75, 3.05) is 27.2 Å². The van der Waals surface area contributed by atoms with Crippen LogP contribution in [0, 0.1) is 0 Å². The van der Waals surface area contributed by atoms with E-state index in [-0.39, 0.29) is 11.3 Å². The predicted molar refractivity (Wildman–Crippen MR) is 103 cm³/mol. The van der Waals surface area contributed by atoms with E-state index in [9.17, 15) is 14.7 Å². The monoisotopic (exact) mass is 385 g/mol. The van der Waals surface area contributed by atoms with E-state index in [2.05, 4.69) is 4.98 Å². The summed E-state index contributed by atoms with van der Waals surface area (Å²) in [5.41, 5.74) is 1.17. The van der Waals surface area contributed by atoms with Gasteiger partial charge in [0.2, 0.25) is 0 Å². The summed E-state index contributed by atoms with van der Waals surface area (Å²) in [6.07, 6.45) is 3.23. The summed E-state index contributed by atoms with van der Waals surface area (Å²) in [6, 6.07) is 9.33. The van der Waals surface area contributed by atoms with Gasteiger partial charge in [0.15, 0.2) is 0 Å². The van der Waals surface area contributed by atoms with E-state index in [0.29, 0.717) is 29.2 Å². The van der Waals surface area contributed by atoms with Crippen molar-refractivity contribution in [2.24, 2.45) is 0 Å². The summed E-state index contributed by atoms with van der Waals surface area (Å²) in [6.45, 7) is 0.944. The zero-order valence-electron chi connectivity index (χ0n) is 15.1. The molecule has 0 saturated carbocycles. The van der Waals surface area contributed by atoms with Crippen LogP contribution in [0.25, 0.3) is 5.76 Å². The van der Waals surface area contributed by atoms with E-state index in [1.807, 2.05) is 19.0 Å². The van der Waals surface area contributed by atoms with Crippen LogP contribution >= 0.6 is 11.6 Å². The largest absolute Gasteiger partial charge is 0.507 e. The molecule has 0 radical (unpaired) electrons. The van der Waals surface area contributed by atoms with Crippen LogP contribution in [0.5, 0.6) is 0 Å². The minimum Gasteiger partial charge on any atom is -0.507 e. The molecule has 2 aromatic rings. The highest BCUT2D eigenvalue weighted by molar-refractivity contribution is 6.46. The Hall–Kier alpha value is -2.70. The molecule has 1 saturated heterocycles. The quantitative estimate of drug-likeness (QED) is 0.486. The maximum Gasteiger partial charge on any atom is 0.295 e. The van der Waals surface area contributed by atoms with Crippen molar-refractivity contribution in [1.29, 1.82) is 0 Å². The maximum atomic E-state index is 12.8. The Balaban J connectivity index is 2.12. The summed E-state index contributed by atoms with van der Waals surface area (Å²) in [7, 11) is 3.78. The molecule has 1 aromatic carbocycles. The SMILES string of the molecule is CN(C)CCN1C(=O)C(=O)/C(=C(\O)c2ccc(Cl)cc2)C1c1cccnc1. The summed E-state index contributed by atoms with van der Waals surface area (Å²) in [5.74, 6) is -1.54. The first-order valence-corrected chi connectivity index (χ1v) is 8.87. The number of halogens is 1. The Morgan fingerprint density at radius 2 is 1.93 bits per heavy atom. The number of aliphatic hydroxyl groups is 1. The number of benzene rings is 1. The van der Waals surface area contributed by atoms with Crippen LogP contribution in [-0.4, -0.2) is 58.8 Å². The molecular formula is C20H20ClN3O3. The number of aliphatic hydroxyl groups excluding tert-OH is 1. The minimum atomic E-state index is -0.699. The van der Waals surface area contributed by atoms with Gasteiger partial charge in [0.1, 0.15) is 5.76 Å². The van der Waals surface area contributed by atoms with Crippen molar-refractivity contribution in [1.82, 2.24) is 14.8 Å². The van der Waals surface area contributed by atoms with Gasteiger partial charge in [0.25, 0.3) is 11.7 Å². The molecule has 7 heteroatoms. The van der Waals surface area contributed by atoms with Gasteiger partial charge in [-0.05, 0) is 50.0 Å². The number of pyridine rings is 1. The molecule has 1 N–H and O–H groups in total. The molecule has 140 valence electrons. The second-order valence-electron chi connectivity index (χ2n) is 6.59. The highest BCUT2D eigenvalue weighted by atomic mass is 35.5. The van der Waals surface area contributed by atoms with Gasteiger partial charge in [-0.2, -0.15) is 0 Å². The average molecular weight is 386 g/mol. The number of aromatic nitrogens is 1. The number of hydrogen-bond donors (Lipinski definition) is 1. The van der Waals surface area contributed by atoms with E-state index < -0.39 is 17.7 Å². The first kappa shape index (κ1) is 19.1. The Morgan fingerprint density at radius 3 is 2.52 bits per heavy atom. The van der Waals surface area contributed by atoms with E-state index in [1.54, 1.807) is 48.8 Å². The smallest absolute Gasteiger partial charge is 0.295 e. The molecule has 0 aliphatic carbocycles. The zero-order chi connectivity index (χ0) is 19.6. The van der Waals surface area contributed by atoms with Crippen LogP contribution in [0.4, 0.5) is 0 Å². The Kier molecular flexibility index (Phi) is 5.58. The van der Waals surface area contributed by atoms with E-state index in [4.69, 9.17) is 11.6 Å². The molecule has 1 unspecified atom stereocenters. The number of carbonyl (C=O) groups excluding carboxylic acids is 2. The number of Topliss-reactive ketones (excluding diaryl/α,β-unsaturated/α-hetero) is 1. The molecule has 3 rings (SSSR count). The molecule has 6 nitrogen and oxygen atoms in total. The molecule has 1 aliphatic heterocycles. The van der Waals surface area contributed by atoms with Crippen molar-refractivity contribution in [3.63, 3.8) is 0 Å². The highest BCUT2D eigenvalue weighted by Gasteiger charge is 2.45. The van der Waals surface area contributed by atoms with Crippen LogP contribution in [0.15, 0.2) is 54.4 Å². The van der Waals surface area contributed by atoms with Crippen LogP contribution in [0.2, 0.25) is 5.02 Å². The number of nitrogens with zero attached hydrogens (tertiary/aromatic N) is 3. The van der Waals surface area contributed by atoms with Gasteiger partial charge in [0, 0.05) is 36.1 Å². The lowest BCUT2D eigenvalue weighted by molar-refractivity contribution is -0.140. The van der Waals surface area contributed by atoms with Crippen molar-refractivity contribution >= 4 is 29.1 Å². The third kappa shape index (κ3) is 3.86. The summed E-state index contributed by atoms with van der Waals surface area (Å²) >= 11 is 5.91. The molecule has 1 fully saturated rings. The van der Waals surface area contributed by atoms with Gasteiger partial charge in [-0.3, -0.25) is 14.6 Å².